The van der Waals surface area contributed by atoms with Gasteiger partial charge in [-0.05, 0) is 158 Å². The van der Waals surface area contributed by atoms with Gasteiger partial charge in [-0.1, -0.05) is 29.3 Å². The third kappa shape index (κ3) is 27.6. The Bertz CT molecular complexity index is 4960. The molecule has 4 aliphatic heterocycles. The smallest absolute Gasteiger partial charge is 0.410 e. The molecule has 0 aromatic carbocycles. The largest absolute Gasteiger partial charge is 0.444 e. The maximum atomic E-state index is 12.4. The molecular weight excluding hydrogens is 1520 g/mol. The van der Waals surface area contributed by atoms with Gasteiger partial charge in [0.1, 0.15) is 44.1 Å². The molecule has 12 aromatic heterocycles. The van der Waals surface area contributed by atoms with Gasteiger partial charge in [-0.2, -0.15) is 20.4 Å². The number of carbonyl (C=O) groups is 3. The van der Waals surface area contributed by atoms with Crippen LogP contribution in [0, 0.1) is 5.92 Å². The van der Waals surface area contributed by atoms with E-state index in [1.807, 2.05) is 123 Å². The van der Waals surface area contributed by atoms with Gasteiger partial charge in [-0.25, -0.2) is 67.5 Å². The summed E-state index contributed by atoms with van der Waals surface area (Å²) in [4.78, 5) is 93.5. The van der Waals surface area contributed by atoms with Crippen molar-refractivity contribution in [2.45, 2.75) is 110 Å². The fourth-order valence-corrected chi connectivity index (χ4v) is 11.8. The number of hydrogen-bond donors (Lipinski definition) is 4. The Morgan fingerprint density at radius 3 is 1.64 bits per heavy atom. The summed E-state index contributed by atoms with van der Waals surface area (Å²) < 4.78 is 18.3. The highest BCUT2D eigenvalue weighted by molar-refractivity contribution is 9.10. The lowest BCUT2D eigenvalue weighted by Crippen LogP contribution is -2.47. The average molecular weight is 1620 g/mol. The van der Waals surface area contributed by atoms with Gasteiger partial charge < -0.3 is 46.3 Å². The van der Waals surface area contributed by atoms with Crippen LogP contribution in [0.25, 0.3) is 56.4 Å². The lowest BCUT2D eigenvalue weighted by atomic mass is 9.95. The zero-order valence-corrected chi connectivity index (χ0v) is 66.1. The number of amides is 2. The Balaban J connectivity index is 0.000000154. The van der Waals surface area contributed by atoms with Crippen molar-refractivity contribution in [2.24, 2.45) is 22.4 Å². The van der Waals surface area contributed by atoms with Gasteiger partial charge in [0.2, 0.25) is 0 Å². The Kier molecular flexibility index (Phi) is 31.6. The van der Waals surface area contributed by atoms with Crippen molar-refractivity contribution in [2.75, 3.05) is 65.2 Å². The van der Waals surface area contributed by atoms with Crippen LogP contribution < -0.4 is 22.1 Å². The van der Waals surface area contributed by atoms with Crippen LogP contribution >= 0.6 is 39.1 Å². The van der Waals surface area contributed by atoms with Gasteiger partial charge in [0.15, 0.2) is 22.6 Å². The first-order chi connectivity index (χ1) is 53.4. The molecule has 3 fully saturated rings. The van der Waals surface area contributed by atoms with Crippen LogP contribution in [-0.2, 0) is 20.7 Å². The summed E-state index contributed by atoms with van der Waals surface area (Å²) in [6.45, 7) is 16.9. The van der Waals surface area contributed by atoms with Gasteiger partial charge in [0.05, 0.1) is 114 Å². The molecule has 16 heterocycles. The number of nitrogens with zero attached hydrogens (tertiary/aromatic N) is 24. The maximum absolute atomic E-state index is 12.4. The van der Waals surface area contributed by atoms with Gasteiger partial charge >= 0.3 is 12.2 Å². The minimum atomic E-state index is -0.500. The Morgan fingerprint density at radius 1 is 0.631 bits per heavy atom. The summed E-state index contributed by atoms with van der Waals surface area (Å²) >= 11 is 14.3. The van der Waals surface area contributed by atoms with E-state index in [9.17, 15) is 14.4 Å². The average Bonchev–Trinajstić information content (AvgIpc) is 1.69. The summed E-state index contributed by atoms with van der Waals surface area (Å²) in [5.74, 6) is 1.96. The van der Waals surface area contributed by atoms with E-state index in [0.29, 0.717) is 63.5 Å². The molecule has 3 saturated heterocycles. The van der Waals surface area contributed by atoms with E-state index in [1.54, 1.807) is 126 Å². The number of hydrogen-bond acceptors (Lipinski definition) is 27. The number of halogens is 3. The lowest BCUT2D eigenvalue weighted by molar-refractivity contribution is -0.104. The molecule has 4 aliphatic rings. The van der Waals surface area contributed by atoms with Crippen molar-refractivity contribution in [1.82, 2.24) is 118 Å². The van der Waals surface area contributed by atoms with E-state index in [1.165, 1.54) is 31.3 Å². The summed E-state index contributed by atoms with van der Waals surface area (Å²) in [6.07, 6.45) is 49.0. The molecule has 582 valence electrons. The molecule has 36 heteroatoms. The van der Waals surface area contributed by atoms with E-state index in [0.717, 1.165) is 115 Å². The number of rotatable bonds is 9. The summed E-state index contributed by atoms with van der Waals surface area (Å²) in [5.41, 5.74) is 19.0. The molecule has 16 rings (SSSR count). The van der Waals surface area contributed by atoms with E-state index in [-0.39, 0.29) is 24.3 Å². The molecule has 0 bridgehead atoms. The number of amidine groups is 1. The number of ether oxygens (including phenoxy) is 2. The number of carbonyl (C=O) groups excluding carboxylic acids is 3. The van der Waals surface area contributed by atoms with E-state index in [4.69, 9.17) is 49.1 Å². The molecule has 2 amide bonds. The van der Waals surface area contributed by atoms with Crippen molar-refractivity contribution < 1.29 is 23.9 Å². The number of aromatic nitrogens is 20. The molecule has 0 unspecified atom stereocenters. The van der Waals surface area contributed by atoms with Gasteiger partial charge in [0.25, 0.3) is 0 Å². The van der Waals surface area contributed by atoms with E-state index < -0.39 is 11.2 Å². The number of aliphatic imine (C=N–C) groups is 1. The summed E-state index contributed by atoms with van der Waals surface area (Å²) in [7, 11) is 3.72. The minimum absolute atomic E-state index is 0.0860. The third-order valence-electron chi connectivity index (χ3n) is 15.9. The van der Waals surface area contributed by atoms with Gasteiger partial charge in [-0.15, -0.1) is 0 Å². The number of fused-ring (bicyclic) bond motifs is 4. The molecule has 12 aromatic rings. The zero-order chi connectivity index (χ0) is 79.1. The van der Waals surface area contributed by atoms with Crippen LogP contribution in [0.5, 0.6) is 0 Å². The standard InChI is InChI=1S/C20H25N7O2.C16H18N6.C10H6ClN5.C10H20N2O2.C6H5N3.C5H9NO.C4H2BrClN2.C4H6N2/c1-20(2,3)29-19(28)26-8-4-6-14(13-26)24-17-12-21-11-16(25-17)15-10-23-27-9-5-7-22-18(15)27;1-3-12(8-17-4-1)7-13-9-18-11-15(21-13)14-10-20-22-6-2-5-19-16(14)22;11-9-6-12-5-8(15-9)7-4-14-16-3-1-2-13-10(7)16;1-10(2,3)14-9(13)12-6-4-5-8(11)7-12;1-3-7-6-2-4-8-9(6)5-1;1-6(2)4-3-5-7;5-3-1-7-2-4(6)8-3;5-4-2-1-3-6-4/h5,7,9-12,14H,4,6,8,13H2,1-3H3,(H,24,25);2,5-6,9-12,17H,1,3-4,7-8H2;1-6H;8H,4-7,11H2,1-3H3;1-5H;3-5H,1-2H3;1-2H;1-2H,3H2,(H2,5,6)/b;;;;;4-3+;;/t14-;12-;;8-;;;;/m10.1..../s1. The Labute approximate surface area is 660 Å². The fraction of sp³-hybridized carbons (Fsp3) is 0.360. The van der Waals surface area contributed by atoms with Crippen molar-refractivity contribution in [3.05, 3.63) is 199 Å². The van der Waals surface area contributed by atoms with Crippen LogP contribution in [0.4, 0.5) is 15.4 Å². The predicted octanol–water partition coefficient (Wildman–Crippen LogP) is 10.7. The molecule has 6 N–H and O–H groups in total. The van der Waals surface area contributed by atoms with Crippen LogP contribution in [-0.4, -0.2) is 220 Å². The van der Waals surface area contributed by atoms with Crippen molar-refractivity contribution in [3.8, 4) is 33.8 Å². The monoisotopic (exact) mass is 1610 g/mol. The first kappa shape index (κ1) is 83.6. The first-order valence-electron chi connectivity index (χ1n) is 35.7. The van der Waals surface area contributed by atoms with Crippen molar-refractivity contribution >= 4 is 91.8 Å². The summed E-state index contributed by atoms with van der Waals surface area (Å²) in [5, 5.41) is 24.4. The number of anilines is 1. The van der Waals surface area contributed by atoms with Crippen LogP contribution in [0.15, 0.2) is 188 Å². The number of likely N-dealkylation sites (tertiary alicyclic amines) is 2. The Morgan fingerprint density at radius 2 is 1.16 bits per heavy atom. The SMILES string of the molecule is CC(C)(C)OC(=O)N1CCC[C@@H](N)C1.CC(C)(C)OC(=O)N1CCC[C@@H](Nc2cncc(-c3cnn4cccnc34)n2)C1.CN(C)/C=C/C=O.Clc1cncc(-c2cnn3cccnc23)n1.Clc1cncc(Br)n1.NC1=NCC=C1.c1cnc2c(-c3cncc(C[C@@H]4CCCNC4)n3)cnn2c1.c1cnc2ccnn2c1. The highest BCUT2D eigenvalue weighted by Crippen LogP contribution is 2.26. The lowest BCUT2D eigenvalue weighted by Gasteiger charge is -2.34. The molecule has 0 radical (unpaired) electrons. The Hall–Kier alpha value is -11.5. The molecule has 33 nitrogen and oxygen atoms in total. The molecule has 0 aliphatic carbocycles. The zero-order valence-electron chi connectivity index (χ0n) is 63.0. The molecule has 0 spiro atoms. The normalized spacial score (nSPS) is 15.8. The number of nitrogens with two attached hydrogens (primary N) is 2. The van der Waals surface area contributed by atoms with E-state index in [2.05, 4.69) is 107 Å². The molecule has 3 atom stereocenters. The molecule has 111 heavy (non-hydrogen) atoms. The maximum Gasteiger partial charge on any atom is 0.410 e. The third-order valence-corrected chi connectivity index (χ3v) is 16.6. The second-order valence-electron chi connectivity index (χ2n) is 27.4. The first-order valence-corrected chi connectivity index (χ1v) is 37.3. The van der Waals surface area contributed by atoms with Gasteiger partial charge in [-0.3, -0.25) is 29.7 Å². The highest BCUT2D eigenvalue weighted by atomic mass is 79.9. The van der Waals surface area contributed by atoms with Crippen LogP contribution in [0.1, 0.15) is 85.8 Å². The quantitative estimate of drug-likeness (QED) is 0.0770. The minimum Gasteiger partial charge on any atom is -0.444 e. The highest BCUT2D eigenvalue weighted by Gasteiger charge is 2.29. The second kappa shape index (κ2) is 41.9. The number of piperidine rings is 3. The van der Waals surface area contributed by atoms with Crippen LogP contribution in [0.3, 0.4) is 0 Å². The summed E-state index contributed by atoms with van der Waals surface area (Å²) in [6, 6.07) is 9.40. The number of aldehydes is 1. The molecular formula is C75H91BrCl2N28O5. The fourth-order valence-electron chi connectivity index (χ4n) is 11.1. The second-order valence-corrected chi connectivity index (χ2v) is 29.0. The van der Waals surface area contributed by atoms with Crippen molar-refractivity contribution in [3.63, 3.8) is 0 Å². The molecule has 0 saturated carbocycles. The van der Waals surface area contributed by atoms with Crippen molar-refractivity contribution in [1.29, 1.82) is 0 Å². The van der Waals surface area contributed by atoms with Crippen LogP contribution in [0.2, 0.25) is 10.3 Å². The number of allylic oxidation sites excluding steroid dienone is 1. The van der Waals surface area contributed by atoms with E-state index >= 15 is 0 Å². The van der Waals surface area contributed by atoms with Gasteiger partial charge in [0, 0.05) is 120 Å². The predicted molar refractivity (Wildman–Crippen MR) is 428 cm³/mol. The number of nitrogens with one attached hydrogen (secondary N) is 2. The topological polar surface area (TPSA) is 392 Å².